The molecule has 2 saturated carbocycles. The molecule has 1 N–H and O–H groups in total. The quantitative estimate of drug-likeness (QED) is 0.915. The van der Waals surface area contributed by atoms with Gasteiger partial charge in [-0.05, 0) is 66.8 Å². The second-order valence-corrected chi connectivity index (χ2v) is 7.14. The van der Waals surface area contributed by atoms with E-state index in [2.05, 4.69) is 33.3 Å². The number of nitrogens with zero attached hydrogens (tertiary/aromatic N) is 2. The van der Waals surface area contributed by atoms with Gasteiger partial charge in [0.1, 0.15) is 0 Å². The van der Waals surface area contributed by atoms with Crippen LogP contribution in [-0.4, -0.2) is 21.7 Å². The van der Waals surface area contributed by atoms with Crippen molar-refractivity contribution in [1.82, 2.24) is 15.1 Å². The summed E-state index contributed by atoms with van der Waals surface area (Å²) in [5, 5.41) is 7.47. The third-order valence-electron chi connectivity index (χ3n) is 5.05. The first-order valence-electron chi connectivity index (χ1n) is 7.62. The molecule has 5 heteroatoms. The van der Waals surface area contributed by atoms with Crippen LogP contribution in [0.1, 0.15) is 50.0 Å². The van der Waals surface area contributed by atoms with Gasteiger partial charge in [0.05, 0.1) is 4.47 Å². The molecule has 1 amide bonds. The normalized spacial score (nSPS) is 29.6. The van der Waals surface area contributed by atoms with Crippen LogP contribution >= 0.6 is 15.9 Å². The molecule has 0 unspecified atom stereocenters. The predicted octanol–water partition coefficient (Wildman–Crippen LogP) is 3.22. The van der Waals surface area contributed by atoms with Crippen LogP contribution in [0.3, 0.4) is 0 Å². The largest absolute Gasteiger partial charge is 0.348 e. The van der Waals surface area contributed by atoms with Crippen molar-refractivity contribution in [3.63, 3.8) is 0 Å². The Morgan fingerprint density at radius 2 is 2.35 bits per heavy atom. The number of carbonyl (C=O) groups excluding carboxylic acids is 1. The summed E-state index contributed by atoms with van der Waals surface area (Å²) >= 11 is 3.42. The molecular formula is C15H22BrN3O. The number of carbonyl (C=O) groups is 1. The fraction of sp³-hybridized carbons (Fsp3) is 0.733. The van der Waals surface area contributed by atoms with Crippen LogP contribution in [0.5, 0.6) is 0 Å². The van der Waals surface area contributed by atoms with Crippen LogP contribution in [0.4, 0.5) is 0 Å². The van der Waals surface area contributed by atoms with Crippen LogP contribution in [0, 0.1) is 17.8 Å². The molecule has 4 nitrogen and oxygen atoms in total. The molecule has 0 aliphatic heterocycles. The Balaban J connectivity index is 1.64. The van der Waals surface area contributed by atoms with E-state index in [1.165, 1.54) is 25.7 Å². The van der Waals surface area contributed by atoms with Gasteiger partial charge in [0, 0.05) is 18.8 Å². The Kier molecular flexibility index (Phi) is 3.89. The van der Waals surface area contributed by atoms with Gasteiger partial charge in [0.2, 0.25) is 0 Å². The summed E-state index contributed by atoms with van der Waals surface area (Å²) in [6.45, 7) is 4.93. The zero-order chi connectivity index (χ0) is 14.3. The third kappa shape index (κ3) is 2.52. The zero-order valence-corrected chi connectivity index (χ0v) is 13.7. The highest BCUT2D eigenvalue weighted by atomic mass is 79.9. The second kappa shape index (κ2) is 5.51. The summed E-state index contributed by atoms with van der Waals surface area (Å²) in [5.41, 5.74) is 0.502. The standard InChI is InChI=1S/C15H22BrN3O/c1-3-19-8-13(16)14(18-19)15(20)17-9(2)12-7-10-4-5-11(12)6-10/h8-12H,3-7H2,1-2H3,(H,17,20)/t9-,10-,11-,12-/m0/s1. The second-order valence-electron chi connectivity index (χ2n) is 6.28. The summed E-state index contributed by atoms with van der Waals surface area (Å²) in [7, 11) is 0. The topological polar surface area (TPSA) is 46.9 Å². The van der Waals surface area contributed by atoms with Crippen LogP contribution < -0.4 is 5.32 Å². The monoisotopic (exact) mass is 339 g/mol. The number of halogens is 1. The average Bonchev–Trinajstić information content (AvgIpc) is 3.12. The van der Waals surface area contributed by atoms with E-state index in [4.69, 9.17) is 0 Å². The van der Waals surface area contributed by atoms with E-state index in [9.17, 15) is 4.79 Å². The van der Waals surface area contributed by atoms with Crippen LogP contribution in [0.2, 0.25) is 0 Å². The predicted molar refractivity (Wildman–Crippen MR) is 81.5 cm³/mol. The Hall–Kier alpha value is -0.840. The van der Waals surface area contributed by atoms with Gasteiger partial charge in [-0.1, -0.05) is 6.42 Å². The first kappa shape index (κ1) is 14.1. The molecule has 1 heterocycles. The summed E-state index contributed by atoms with van der Waals surface area (Å²) in [6, 6.07) is 0.247. The highest BCUT2D eigenvalue weighted by Gasteiger charge is 2.42. The Labute approximate surface area is 128 Å². The van der Waals surface area contributed by atoms with Crippen molar-refractivity contribution in [2.75, 3.05) is 0 Å². The molecule has 0 spiro atoms. The minimum atomic E-state index is -0.0562. The smallest absolute Gasteiger partial charge is 0.273 e. The van der Waals surface area contributed by atoms with Gasteiger partial charge in [-0.25, -0.2) is 0 Å². The van der Waals surface area contributed by atoms with Crippen LogP contribution in [-0.2, 0) is 6.54 Å². The average molecular weight is 340 g/mol. The first-order chi connectivity index (χ1) is 9.58. The van der Waals surface area contributed by atoms with E-state index >= 15 is 0 Å². The zero-order valence-electron chi connectivity index (χ0n) is 12.1. The van der Waals surface area contributed by atoms with Crippen LogP contribution in [0.25, 0.3) is 0 Å². The highest BCUT2D eigenvalue weighted by Crippen LogP contribution is 2.49. The molecule has 1 aromatic heterocycles. The lowest BCUT2D eigenvalue weighted by molar-refractivity contribution is 0.0908. The van der Waals surface area contributed by atoms with Crippen molar-refractivity contribution in [1.29, 1.82) is 0 Å². The van der Waals surface area contributed by atoms with Crippen molar-refractivity contribution in [3.05, 3.63) is 16.4 Å². The number of nitrogens with one attached hydrogen (secondary N) is 1. The summed E-state index contributed by atoms with van der Waals surface area (Å²) in [5.74, 6) is 2.34. The fourth-order valence-corrected chi connectivity index (χ4v) is 4.50. The molecule has 2 bridgehead atoms. The highest BCUT2D eigenvalue weighted by molar-refractivity contribution is 9.10. The fourth-order valence-electron chi connectivity index (χ4n) is 4.00. The Morgan fingerprint density at radius 3 is 2.90 bits per heavy atom. The lowest BCUT2D eigenvalue weighted by atomic mass is 9.84. The first-order valence-corrected chi connectivity index (χ1v) is 8.41. The van der Waals surface area contributed by atoms with E-state index in [0.717, 1.165) is 22.9 Å². The van der Waals surface area contributed by atoms with E-state index in [0.29, 0.717) is 11.6 Å². The summed E-state index contributed by atoms with van der Waals surface area (Å²) < 4.78 is 2.55. The molecule has 2 aliphatic carbocycles. The Morgan fingerprint density at radius 1 is 1.55 bits per heavy atom. The summed E-state index contributed by atoms with van der Waals surface area (Å²) in [4.78, 5) is 12.4. The van der Waals surface area contributed by atoms with Gasteiger partial charge in [-0.15, -0.1) is 0 Å². The lowest BCUT2D eigenvalue weighted by Crippen LogP contribution is -2.40. The molecule has 0 radical (unpaired) electrons. The Bertz CT molecular complexity index is 513. The number of amides is 1. The van der Waals surface area contributed by atoms with E-state index < -0.39 is 0 Å². The van der Waals surface area contributed by atoms with Crippen molar-refractivity contribution in [2.45, 2.75) is 52.1 Å². The van der Waals surface area contributed by atoms with E-state index in [1.807, 2.05) is 13.1 Å². The SMILES string of the molecule is CCn1cc(Br)c(C(=O)N[C@@H](C)[C@@H]2C[C@H]3CC[C@H]2C3)n1. The van der Waals surface area contributed by atoms with Gasteiger partial charge in [0.25, 0.3) is 5.91 Å². The minimum Gasteiger partial charge on any atom is -0.348 e. The number of fused-ring (bicyclic) bond motifs is 2. The van der Waals surface area contributed by atoms with Gasteiger partial charge >= 0.3 is 0 Å². The molecule has 0 saturated heterocycles. The number of hydrogen-bond donors (Lipinski definition) is 1. The number of aromatic nitrogens is 2. The molecular weight excluding hydrogens is 318 g/mol. The van der Waals surface area contributed by atoms with Gasteiger partial charge in [-0.2, -0.15) is 5.10 Å². The number of rotatable bonds is 4. The van der Waals surface area contributed by atoms with Crippen molar-refractivity contribution in [2.24, 2.45) is 17.8 Å². The molecule has 0 aromatic carbocycles. The van der Waals surface area contributed by atoms with Crippen molar-refractivity contribution in [3.8, 4) is 0 Å². The molecule has 1 aromatic rings. The van der Waals surface area contributed by atoms with Crippen molar-refractivity contribution < 1.29 is 4.79 Å². The van der Waals surface area contributed by atoms with Crippen molar-refractivity contribution >= 4 is 21.8 Å². The number of hydrogen-bond acceptors (Lipinski definition) is 2. The summed E-state index contributed by atoms with van der Waals surface area (Å²) in [6.07, 6.45) is 7.27. The molecule has 4 atom stereocenters. The molecule has 2 fully saturated rings. The van der Waals surface area contributed by atoms with Gasteiger partial charge in [0.15, 0.2) is 5.69 Å². The van der Waals surface area contributed by atoms with Crippen LogP contribution in [0.15, 0.2) is 10.7 Å². The lowest BCUT2D eigenvalue weighted by Gasteiger charge is -2.28. The van der Waals surface area contributed by atoms with E-state index in [-0.39, 0.29) is 11.9 Å². The number of aryl methyl sites for hydroxylation is 1. The minimum absolute atomic E-state index is 0.0562. The molecule has 110 valence electrons. The molecule has 3 rings (SSSR count). The maximum absolute atomic E-state index is 12.4. The maximum atomic E-state index is 12.4. The van der Waals surface area contributed by atoms with Gasteiger partial charge in [-0.3, -0.25) is 9.48 Å². The van der Waals surface area contributed by atoms with Gasteiger partial charge < -0.3 is 5.32 Å². The molecule has 2 aliphatic rings. The van der Waals surface area contributed by atoms with E-state index in [1.54, 1.807) is 4.68 Å². The maximum Gasteiger partial charge on any atom is 0.273 e. The third-order valence-corrected chi connectivity index (χ3v) is 5.63. The molecule has 20 heavy (non-hydrogen) atoms.